The molecule has 1 atom stereocenters. The maximum absolute atomic E-state index is 12.3. The van der Waals surface area contributed by atoms with Gasteiger partial charge in [-0.1, -0.05) is 6.07 Å². The predicted molar refractivity (Wildman–Crippen MR) is 78.8 cm³/mol. The Kier molecular flexibility index (Phi) is 4.37. The lowest BCUT2D eigenvalue weighted by Gasteiger charge is -2.26. The second-order valence-corrected chi connectivity index (χ2v) is 6.07. The van der Waals surface area contributed by atoms with E-state index in [0.717, 1.165) is 0 Å². The molecule has 0 radical (unpaired) electrons. The summed E-state index contributed by atoms with van der Waals surface area (Å²) >= 11 is 1.33. The van der Waals surface area contributed by atoms with Crippen molar-refractivity contribution in [3.63, 3.8) is 0 Å². The van der Waals surface area contributed by atoms with Gasteiger partial charge in [0, 0.05) is 0 Å². The Morgan fingerprint density at radius 1 is 1.43 bits per heavy atom. The Hall–Kier alpha value is -2.22. The number of rotatable bonds is 5. The first-order valence-corrected chi connectivity index (χ1v) is 7.30. The lowest BCUT2D eigenvalue weighted by atomic mass is 10.0. The Labute approximate surface area is 126 Å². The molecule has 0 aliphatic carbocycles. The lowest BCUT2D eigenvalue weighted by Crippen LogP contribution is -2.55. The molecular formula is C13H17N5O2S. The predicted octanol–water partition coefficient (Wildman–Crippen LogP) is 1.25. The molecule has 1 unspecified atom stereocenters. The van der Waals surface area contributed by atoms with Crippen LogP contribution in [0.25, 0.3) is 0 Å². The molecule has 7 nitrogen and oxygen atoms in total. The average Bonchev–Trinajstić information content (AvgIpc) is 3.11. The highest BCUT2D eigenvalue weighted by atomic mass is 32.1. The highest BCUT2D eigenvalue weighted by Gasteiger charge is 2.31. The highest BCUT2D eigenvalue weighted by Crippen LogP contribution is 2.13. The van der Waals surface area contributed by atoms with Crippen LogP contribution in [0.5, 0.6) is 0 Å². The van der Waals surface area contributed by atoms with E-state index < -0.39 is 5.54 Å². The molecule has 0 spiro atoms. The van der Waals surface area contributed by atoms with Crippen LogP contribution in [0.15, 0.2) is 23.8 Å². The van der Waals surface area contributed by atoms with E-state index in [2.05, 4.69) is 25.8 Å². The van der Waals surface area contributed by atoms with Gasteiger partial charge in [0.1, 0.15) is 17.7 Å². The van der Waals surface area contributed by atoms with Crippen LogP contribution in [-0.4, -0.2) is 32.5 Å². The van der Waals surface area contributed by atoms with E-state index in [9.17, 15) is 9.59 Å². The fourth-order valence-corrected chi connectivity index (χ4v) is 2.30. The van der Waals surface area contributed by atoms with Gasteiger partial charge in [-0.2, -0.15) is 5.10 Å². The van der Waals surface area contributed by atoms with Gasteiger partial charge in [0.05, 0.1) is 10.9 Å². The summed E-state index contributed by atoms with van der Waals surface area (Å²) in [5, 5.41) is 13.8. The Morgan fingerprint density at radius 3 is 2.76 bits per heavy atom. The number of H-pyrrole nitrogens is 1. The first kappa shape index (κ1) is 15.2. The summed E-state index contributed by atoms with van der Waals surface area (Å²) in [7, 11) is 0. The minimum atomic E-state index is -1.03. The fraction of sp³-hybridized carbons (Fsp3) is 0.385. The summed E-state index contributed by atoms with van der Waals surface area (Å²) in [5.74, 6) is -0.00231. The number of carbonyl (C=O) groups is 2. The van der Waals surface area contributed by atoms with Gasteiger partial charge in [0.15, 0.2) is 0 Å². The minimum absolute atomic E-state index is 0.266. The molecule has 8 heteroatoms. The summed E-state index contributed by atoms with van der Waals surface area (Å²) in [4.78, 5) is 28.9. The van der Waals surface area contributed by atoms with Gasteiger partial charge in [-0.3, -0.25) is 14.7 Å². The smallest absolute Gasteiger partial charge is 0.262 e. The molecular weight excluding hydrogens is 290 g/mol. The number of aromatic amines is 1. The summed E-state index contributed by atoms with van der Waals surface area (Å²) in [6, 6.07) is 3.18. The van der Waals surface area contributed by atoms with Gasteiger partial charge in [0.25, 0.3) is 5.91 Å². The summed E-state index contributed by atoms with van der Waals surface area (Å²) in [6.07, 6.45) is 1.38. The molecule has 0 saturated carbocycles. The van der Waals surface area contributed by atoms with Gasteiger partial charge in [-0.25, -0.2) is 4.98 Å². The van der Waals surface area contributed by atoms with Crippen molar-refractivity contribution in [1.29, 1.82) is 0 Å². The van der Waals surface area contributed by atoms with E-state index in [4.69, 9.17) is 0 Å². The third-order valence-corrected chi connectivity index (χ3v) is 3.80. The van der Waals surface area contributed by atoms with Crippen LogP contribution in [-0.2, 0) is 4.79 Å². The van der Waals surface area contributed by atoms with Crippen LogP contribution < -0.4 is 10.6 Å². The molecule has 2 aromatic rings. The minimum Gasteiger partial charge on any atom is -0.344 e. The van der Waals surface area contributed by atoms with E-state index in [1.165, 1.54) is 17.7 Å². The normalized spacial score (nSPS) is 12.7. The number of thiophene rings is 1. The number of hydrogen-bond donors (Lipinski definition) is 3. The van der Waals surface area contributed by atoms with Crippen molar-refractivity contribution in [1.82, 2.24) is 25.8 Å². The third-order valence-electron chi connectivity index (χ3n) is 2.93. The molecule has 0 fully saturated rings. The number of aromatic nitrogens is 3. The second-order valence-electron chi connectivity index (χ2n) is 5.12. The number of carbonyl (C=O) groups excluding carboxylic acids is 2. The Morgan fingerprint density at radius 2 is 2.19 bits per heavy atom. The molecule has 0 aliphatic rings. The van der Waals surface area contributed by atoms with Crippen molar-refractivity contribution in [3.05, 3.63) is 34.5 Å². The lowest BCUT2D eigenvalue weighted by molar-refractivity contribution is -0.126. The van der Waals surface area contributed by atoms with Crippen molar-refractivity contribution in [2.45, 2.75) is 32.4 Å². The van der Waals surface area contributed by atoms with Crippen LogP contribution in [0.1, 0.15) is 42.3 Å². The standard InChI is InChI=1S/C13H17N5O2S/c1-8(10-14-7-15-18-10)16-12(20)13(2,3)17-11(19)9-5-4-6-21-9/h4-8H,1-3H3,(H,16,20)(H,17,19)(H,14,15,18). The summed E-state index contributed by atoms with van der Waals surface area (Å²) in [5.41, 5.74) is -1.03. The zero-order valence-corrected chi connectivity index (χ0v) is 12.8. The van der Waals surface area contributed by atoms with Crippen molar-refractivity contribution in [3.8, 4) is 0 Å². The maximum atomic E-state index is 12.3. The Balaban J connectivity index is 1.98. The van der Waals surface area contributed by atoms with E-state index in [0.29, 0.717) is 10.7 Å². The Bertz CT molecular complexity index is 607. The number of nitrogens with zero attached hydrogens (tertiary/aromatic N) is 2. The zero-order chi connectivity index (χ0) is 15.5. The summed E-state index contributed by atoms with van der Waals surface area (Å²) < 4.78 is 0. The molecule has 0 saturated heterocycles. The van der Waals surface area contributed by atoms with Crippen LogP contribution in [0.3, 0.4) is 0 Å². The van der Waals surface area contributed by atoms with Gasteiger partial charge < -0.3 is 10.6 Å². The molecule has 3 N–H and O–H groups in total. The molecule has 0 aliphatic heterocycles. The van der Waals surface area contributed by atoms with Crippen LogP contribution >= 0.6 is 11.3 Å². The quantitative estimate of drug-likeness (QED) is 0.774. The van der Waals surface area contributed by atoms with Gasteiger partial charge in [-0.15, -0.1) is 11.3 Å². The number of nitrogens with one attached hydrogen (secondary N) is 3. The topological polar surface area (TPSA) is 99.8 Å². The van der Waals surface area contributed by atoms with Crippen LogP contribution in [0.2, 0.25) is 0 Å². The molecule has 112 valence electrons. The zero-order valence-electron chi connectivity index (χ0n) is 12.0. The van der Waals surface area contributed by atoms with E-state index in [1.807, 2.05) is 5.38 Å². The monoisotopic (exact) mass is 307 g/mol. The van der Waals surface area contributed by atoms with Crippen molar-refractivity contribution >= 4 is 23.2 Å². The first-order valence-electron chi connectivity index (χ1n) is 6.42. The summed E-state index contributed by atoms with van der Waals surface area (Å²) in [6.45, 7) is 5.09. The SMILES string of the molecule is CC(NC(=O)C(C)(C)NC(=O)c1cccs1)c1ncn[nH]1. The molecule has 0 aromatic carbocycles. The van der Waals surface area contributed by atoms with Gasteiger partial charge in [0.2, 0.25) is 5.91 Å². The number of hydrogen-bond acceptors (Lipinski definition) is 5. The molecule has 0 bridgehead atoms. The van der Waals surface area contributed by atoms with E-state index in [1.54, 1.807) is 32.9 Å². The van der Waals surface area contributed by atoms with Crippen molar-refractivity contribution in [2.75, 3.05) is 0 Å². The van der Waals surface area contributed by atoms with Crippen molar-refractivity contribution in [2.24, 2.45) is 0 Å². The van der Waals surface area contributed by atoms with E-state index in [-0.39, 0.29) is 17.9 Å². The second kappa shape index (κ2) is 6.04. The average molecular weight is 307 g/mol. The molecule has 2 aromatic heterocycles. The molecule has 2 amide bonds. The van der Waals surface area contributed by atoms with Gasteiger partial charge >= 0.3 is 0 Å². The molecule has 2 heterocycles. The van der Waals surface area contributed by atoms with Gasteiger partial charge in [-0.05, 0) is 32.2 Å². The van der Waals surface area contributed by atoms with E-state index >= 15 is 0 Å². The van der Waals surface area contributed by atoms with Crippen molar-refractivity contribution < 1.29 is 9.59 Å². The molecule has 2 rings (SSSR count). The maximum Gasteiger partial charge on any atom is 0.262 e. The molecule has 21 heavy (non-hydrogen) atoms. The number of amides is 2. The largest absolute Gasteiger partial charge is 0.344 e. The first-order chi connectivity index (χ1) is 9.90. The fourth-order valence-electron chi connectivity index (χ4n) is 1.68. The third kappa shape index (κ3) is 3.66. The highest BCUT2D eigenvalue weighted by molar-refractivity contribution is 7.12. The van der Waals surface area contributed by atoms with Crippen LogP contribution in [0.4, 0.5) is 0 Å². The van der Waals surface area contributed by atoms with Crippen LogP contribution in [0, 0.1) is 0 Å².